The molecule has 0 bridgehead atoms. The molecule has 24 heavy (non-hydrogen) atoms. The molecule has 2 aromatic rings. The highest BCUT2D eigenvalue weighted by atomic mass is 19.4. The molecule has 0 spiro atoms. The Morgan fingerprint density at radius 3 is 2.46 bits per heavy atom. The Morgan fingerprint density at radius 1 is 1.08 bits per heavy atom. The zero-order valence-corrected chi connectivity index (χ0v) is 11.9. The first-order valence-electron chi connectivity index (χ1n) is 6.51. The van der Waals surface area contributed by atoms with E-state index in [1.807, 2.05) is 0 Å². The zero-order valence-electron chi connectivity index (χ0n) is 11.9. The van der Waals surface area contributed by atoms with Gasteiger partial charge in [-0.2, -0.15) is 13.2 Å². The number of benzene rings is 2. The summed E-state index contributed by atoms with van der Waals surface area (Å²) in [6, 6.07) is 8.74. The maximum absolute atomic E-state index is 12.6. The second kappa shape index (κ2) is 6.86. The molecule has 3 N–H and O–H groups in total. The van der Waals surface area contributed by atoms with Crippen LogP contribution in [0.5, 0.6) is 0 Å². The van der Waals surface area contributed by atoms with E-state index < -0.39 is 22.7 Å². The van der Waals surface area contributed by atoms with Gasteiger partial charge in [0, 0.05) is 11.8 Å². The van der Waals surface area contributed by atoms with Crippen LogP contribution in [0.2, 0.25) is 0 Å². The van der Waals surface area contributed by atoms with Gasteiger partial charge in [0.25, 0.3) is 5.69 Å². The van der Waals surface area contributed by atoms with E-state index in [-0.39, 0.29) is 17.1 Å². The van der Waals surface area contributed by atoms with Crippen molar-refractivity contribution in [2.45, 2.75) is 6.18 Å². The molecule has 7 nitrogen and oxygen atoms in total. The van der Waals surface area contributed by atoms with Crippen molar-refractivity contribution in [2.24, 2.45) is 0 Å². The fourth-order valence-electron chi connectivity index (χ4n) is 1.80. The predicted molar refractivity (Wildman–Crippen MR) is 80.3 cm³/mol. The average Bonchev–Trinajstić information content (AvgIpc) is 2.52. The summed E-state index contributed by atoms with van der Waals surface area (Å²) in [5.41, 5.74) is 3.22. The first kappa shape index (κ1) is 17.1. The molecule has 0 unspecified atom stereocenters. The van der Waals surface area contributed by atoms with Crippen molar-refractivity contribution >= 4 is 23.1 Å². The minimum atomic E-state index is -4.53. The van der Waals surface area contributed by atoms with Crippen molar-refractivity contribution < 1.29 is 22.9 Å². The molecule has 0 aliphatic carbocycles. The minimum absolute atomic E-state index is 0.0293. The fourth-order valence-corrected chi connectivity index (χ4v) is 1.80. The number of urea groups is 1. The van der Waals surface area contributed by atoms with E-state index in [9.17, 15) is 28.1 Å². The molecular weight excluding hydrogens is 329 g/mol. The van der Waals surface area contributed by atoms with Gasteiger partial charge < -0.3 is 5.32 Å². The van der Waals surface area contributed by atoms with Gasteiger partial charge in [-0.05, 0) is 24.3 Å². The van der Waals surface area contributed by atoms with E-state index in [0.29, 0.717) is 0 Å². The van der Waals surface area contributed by atoms with Crippen LogP contribution in [-0.4, -0.2) is 11.0 Å². The van der Waals surface area contributed by atoms with Gasteiger partial charge in [-0.25, -0.2) is 4.79 Å². The number of hydrogen-bond acceptors (Lipinski definition) is 4. The number of hydrazine groups is 1. The van der Waals surface area contributed by atoms with E-state index in [1.54, 1.807) is 0 Å². The molecule has 10 heteroatoms. The van der Waals surface area contributed by atoms with Crippen molar-refractivity contribution in [1.29, 1.82) is 0 Å². The Hall–Kier alpha value is -3.30. The number of rotatable bonds is 4. The molecule has 2 aromatic carbocycles. The van der Waals surface area contributed by atoms with Gasteiger partial charge in [0.15, 0.2) is 0 Å². The van der Waals surface area contributed by atoms with Gasteiger partial charge in [-0.15, -0.1) is 0 Å². The van der Waals surface area contributed by atoms with E-state index >= 15 is 0 Å². The molecule has 0 saturated carbocycles. The Labute approximate surface area is 133 Å². The number of nitro groups is 1. The van der Waals surface area contributed by atoms with Gasteiger partial charge in [0.05, 0.1) is 10.5 Å². The summed E-state index contributed by atoms with van der Waals surface area (Å²) >= 11 is 0. The largest absolute Gasteiger partial charge is 0.416 e. The molecule has 0 saturated heterocycles. The third-order valence-corrected chi connectivity index (χ3v) is 2.86. The van der Waals surface area contributed by atoms with E-state index in [0.717, 1.165) is 18.2 Å². The molecule has 0 aromatic heterocycles. The van der Waals surface area contributed by atoms with Gasteiger partial charge in [-0.3, -0.25) is 21.0 Å². The SMILES string of the molecule is O=C(NNc1ccccc1[N+](=O)[O-])Nc1cccc(C(F)(F)F)c1. The lowest BCUT2D eigenvalue weighted by Gasteiger charge is -2.12. The number of alkyl halides is 3. The number of hydrogen-bond donors (Lipinski definition) is 3. The van der Waals surface area contributed by atoms with Gasteiger partial charge in [0.2, 0.25) is 0 Å². The smallest absolute Gasteiger partial charge is 0.307 e. The number of carbonyl (C=O) groups is 1. The van der Waals surface area contributed by atoms with Crippen molar-refractivity contribution in [2.75, 3.05) is 10.7 Å². The number of anilines is 2. The van der Waals surface area contributed by atoms with E-state index in [1.165, 1.54) is 30.3 Å². The number of nitrogens with one attached hydrogen (secondary N) is 3. The average molecular weight is 340 g/mol. The summed E-state index contributed by atoms with van der Waals surface area (Å²) in [5, 5.41) is 13.0. The maximum atomic E-state index is 12.6. The lowest BCUT2D eigenvalue weighted by atomic mass is 10.2. The fraction of sp³-hybridized carbons (Fsp3) is 0.0714. The van der Waals surface area contributed by atoms with Crippen LogP contribution in [0.15, 0.2) is 48.5 Å². The van der Waals surface area contributed by atoms with E-state index in [2.05, 4.69) is 16.2 Å². The molecule has 0 fully saturated rings. The number of para-hydroxylation sites is 2. The van der Waals surface area contributed by atoms with Crippen LogP contribution in [-0.2, 0) is 6.18 Å². The second-order valence-corrected chi connectivity index (χ2v) is 4.56. The molecule has 126 valence electrons. The lowest BCUT2D eigenvalue weighted by molar-refractivity contribution is -0.384. The summed E-state index contributed by atoms with van der Waals surface area (Å²) in [7, 11) is 0. The first-order valence-corrected chi connectivity index (χ1v) is 6.51. The molecule has 0 radical (unpaired) electrons. The maximum Gasteiger partial charge on any atom is 0.416 e. The van der Waals surface area contributed by atoms with Crippen molar-refractivity contribution in [3.8, 4) is 0 Å². The Kier molecular flexibility index (Phi) is 4.87. The van der Waals surface area contributed by atoms with Crippen LogP contribution in [0.1, 0.15) is 5.56 Å². The third kappa shape index (κ3) is 4.35. The quantitative estimate of drug-likeness (QED) is 0.583. The number of halogens is 3. The lowest BCUT2D eigenvalue weighted by Crippen LogP contribution is -2.33. The summed E-state index contributed by atoms with van der Waals surface area (Å²) < 4.78 is 37.8. The van der Waals surface area contributed by atoms with Crippen LogP contribution in [0.3, 0.4) is 0 Å². The van der Waals surface area contributed by atoms with Crippen molar-refractivity contribution in [1.82, 2.24) is 5.43 Å². The molecule has 0 aliphatic rings. The first-order chi connectivity index (χ1) is 11.3. The highest BCUT2D eigenvalue weighted by molar-refractivity contribution is 5.90. The van der Waals surface area contributed by atoms with Gasteiger partial charge >= 0.3 is 12.2 Å². The summed E-state index contributed by atoms with van der Waals surface area (Å²) in [5.74, 6) is 0. The molecular formula is C14H11F3N4O3. The predicted octanol–water partition coefficient (Wildman–Crippen LogP) is 3.76. The van der Waals surface area contributed by atoms with Crippen LogP contribution in [0, 0.1) is 10.1 Å². The Morgan fingerprint density at radius 2 is 1.79 bits per heavy atom. The van der Waals surface area contributed by atoms with Gasteiger partial charge in [-0.1, -0.05) is 18.2 Å². The van der Waals surface area contributed by atoms with Crippen molar-refractivity contribution in [3.63, 3.8) is 0 Å². The van der Waals surface area contributed by atoms with E-state index in [4.69, 9.17) is 0 Å². The summed E-state index contributed by atoms with van der Waals surface area (Å²) in [4.78, 5) is 21.9. The third-order valence-electron chi connectivity index (χ3n) is 2.86. The summed E-state index contributed by atoms with van der Waals surface area (Å²) in [6.45, 7) is 0. The molecule has 0 atom stereocenters. The molecule has 2 amide bonds. The molecule has 0 aliphatic heterocycles. The Balaban J connectivity index is 2.01. The standard InChI is InChI=1S/C14H11F3N4O3/c15-14(16,17)9-4-3-5-10(8-9)18-13(22)20-19-11-6-1-2-7-12(11)21(23)24/h1-8,19H,(H2,18,20,22). The highest BCUT2D eigenvalue weighted by Gasteiger charge is 2.30. The number of carbonyl (C=O) groups excluding carboxylic acids is 1. The second-order valence-electron chi connectivity index (χ2n) is 4.56. The molecule has 2 rings (SSSR count). The highest BCUT2D eigenvalue weighted by Crippen LogP contribution is 2.30. The van der Waals surface area contributed by atoms with Crippen LogP contribution in [0.4, 0.5) is 35.0 Å². The monoisotopic (exact) mass is 340 g/mol. The normalized spacial score (nSPS) is 10.8. The van der Waals surface area contributed by atoms with Crippen LogP contribution >= 0.6 is 0 Å². The zero-order chi connectivity index (χ0) is 17.7. The van der Waals surface area contributed by atoms with Crippen LogP contribution in [0.25, 0.3) is 0 Å². The minimum Gasteiger partial charge on any atom is -0.307 e. The number of nitro benzene ring substituents is 1. The molecule has 0 heterocycles. The number of amides is 2. The van der Waals surface area contributed by atoms with Crippen LogP contribution < -0.4 is 16.2 Å². The van der Waals surface area contributed by atoms with Gasteiger partial charge in [0.1, 0.15) is 5.69 Å². The summed E-state index contributed by atoms with van der Waals surface area (Å²) in [6.07, 6.45) is -4.53. The number of nitrogens with zero attached hydrogens (tertiary/aromatic N) is 1. The Bertz CT molecular complexity index is 765. The van der Waals surface area contributed by atoms with Crippen molar-refractivity contribution in [3.05, 3.63) is 64.2 Å². The topological polar surface area (TPSA) is 96.3 Å².